The number of carbonyl (C=O) groups excluding carboxylic acids is 16. The highest BCUT2D eigenvalue weighted by molar-refractivity contribution is 6.09. The van der Waals surface area contributed by atoms with Crippen LogP contribution in [0.3, 0.4) is 0 Å². The molecule has 38 nitrogen and oxygen atoms in total. The van der Waals surface area contributed by atoms with E-state index < -0.39 is 41.4 Å². The van der Waals surface area contributed by atoms with E-state index in [1.54, 1.807) is 168 Å². The summed E-state index contributed by atoms with van der Waals surface area (Å²) in [5.41, 5.74) is 7.07. The lowest BCUT2D eigenvalue weighted by atomic mass is 10.0. The molecule has 0 aliphatic carbocycles. The summed E-state index contributed by atoms with van der Waals surface area (Å²) in [4.78, 5) is 222. The summed E-state index contributed by atoms with van der Waals surface area (Å²) in [6.07, 6.45) is 22.0. The average Bonchev–Trinajstić information content (AvgIpc) is 1.69. The normalized spacial score (nSPS) is 11.3. The van der Waals surface area contributed by atoms with E-state index in [-0.39, 0.29) is 187 Å². The first-order chi connectivity index (χ1) is 61.7. The number of Topliss-reactive ketones (excluding diaryl/α,β-unsaturated/α-hetero) is 8. The summed E-state index contributed by atoms with van der Waals surface area (Å²) >= 11 is 0. The van der Waals surface area contributed by atoms with Crippen molar-refractivity contribution < 1.29 is 76.7 Å². The maximum absolute atomic E-state index is 13.8. The quantitative estimate of drug-likeness (QED) is 0.0131. The zero-order chi connectivity index (χ0) is 94.2. The molecule has 0 unspecified atom stereocenters. The molecule has 130 heavy (non-hydrogen) atoms. The Bertz CT molecular complexity index is 6230. The number of nitrogens with zero attached hydrogens (tertiary/aromatic N) is 14. The zero-order valence-corrected chi connectivity index (χ0v) is 75.5. The first kappa shape index (κ1) is 95.7. The van der Waals surface area contributed by atoms with Gasteiger partial charge in [0.05, 0.1) is 51.2 Å². The third-order valence-electron chi connectivity index (χ3n) is 21.9. The Labute approximate surface area is 749 Å². The number of unbranched alkanes of at least 4 members (excludes halogenated alkanes) is 1. The van der Waals surface area contributed by atoms with Gasteiger partial charge in [-0.05, 0) is 135 Å². The van der Waals surface area contributed by atoms with Crippen molar-refractivity contribution in [2.24, 2.45) is 77.5 Å². The Kier molecular flexibility index (Phi) is 31.3. The molecule has 0 saturated carbocycles. The van der Waals surface area contributed by atoms with Gasteiger partial charge in [0.15, 0.2) is 40.6 Å². The number of ketones is 8. The van der Waals surface area contributed by atoms with Crippen LogP contribution in [-0.2, 0) is 134 Å². The van der Waals surface area contributed by atoms with Crippen LogP contribution < -0.4 is 42.5 Å². The number of carbonyl (C=O) groups is 16. The first-order valence-electron chi connectivity index (χ1n) is 42.4. The third-order valence-corrected chi connectivity index (χ3v) is 21.9. The van der Waals surface area contributed by atoms with Crippen LogP contribution in [0.4, 0.5) is 34.4 Å². The van der Waals surface area contributed by atoms with E-state index in [2.05, 4.69) is 57.4 Å². The molecule has 11 aromatic heterocycles. The minimum atomic E-state index is -0.665. The van der Waals surface area contributed by atoms with E-state index >= 15 is 0 Å². The van der Waals surface area contributed by atoms with Crippen molar-refractivity contribution in [3.8, 4) is 0 Å². The van der Waals surface area contributed by atoms with Gasteiger partial charge in [-0.2, -0.15) is 0 Å². The predicted octanol–water partition coefficient (Wildman–Crippen LogP) is 8.34. The average molecular weight is 1780 g/mol. The zero-order valence-electron chi connectivity index (χ0n) is 75.5. The number of amides is 8. The van der Waals surface area contributed by atoms with Crippen LogP contribution in [0.5, 0.6) is 0 Å². The van der Waals surface area contributed by atoms with Crippen LogP contribution in [0, 0.1) is 0 Å². The molecule has 0 aliphatic heterocycles. The van der Waals surface area contributed by atoms with E-state index in [1.807, 2.05) is 14.1 Å². The molecular weight excluding hydrogens is 1670 g/mol. The number of aromatic nitrogens is 13. The van der Waals surface area contributed by atoms with Crippen LogP contribution in [0.25, 0.3) is 0 Å². The summed E-state index contributed by atoms with van der Waals surface area (Å²) < 4.78 is 17.2. The van der Waals surface area contributed by atoms with Crippen LogP contribution in [0.15, 0.2) is 123 Å². The van der Waals surface area contributed by atoms with Crippen LogP contribution >= 0.6 is 0 Å². The fraction of sp³-hybridized carbons (Fsp3) is 0.370. The highest BCUT2D eigenvalue weighted by atomic mass is 16.2. The van der Waals surface area contributed by atoms with Gasteiger partial charge in [-0.1, -0.05) is 0 Å². The molecule has 11 heterocycles. The number of nitrogens with one attached hydrogen (secondary N) is 8. The molecule has 0 spiro atoms. The van der Waals surface area contributed by atoms with Gasteiger partial charge in [0.1, 0.15) is 40.1 Å². The number of rotatable bonds is 47. The molecule has 0 atom stereocenters. The molecule has 0 aliphatic rings. The predicted molar refractivity (Wildman–Crippen MR) is 484 cm³/mol. The summed E-state index contributed by atoms with van der Waals surface area (Å²) in [5.74, 6) is -4.99. The van der Waals surface area contributed by atoms with E-state index in [1.165, 1.54) is 89.6 Å². The Morgan fingerprint density at radius 3 is 0.954 bits per heavy atom. The molecule has 0 fully saturated rings. The number of anilines is 6. The van der Waals surface area contributed by atoms with Gasteiger partial charge in [0.2, 0.25) is 23.5 Å². The van der Waals surface area contributed by atoms with Gasteiger partial charge in [0.25, 0.3) is 35.4 Å². The molecule has 0 aromatic carbocycles. The smallest absolute Gasteiger partial charge is 0.291 e. The summed E-state index contributed by atoms with van der Waals surface area (Å²) in [6.45, 7) is 2.31. The molecule has 0 radical (unpaired) electrons. The molecular formula is C92H110N22O16. The summed E-state index contributed by atoms with van der Waals surface area (Å²) in [6, 6.07) is 14.3. The lowest BCUT2D eigenvalue weighted by Crippen LogP contribution is -2.29. The van der Waals surface area contributed by atoms with Gasteiger partial charge < -0.3 is 97.7 Å². The lowest BCUT2D eigenvalue weighted by Gasteiger charge is -2.08. The largest absolute Gasteiger partial charge is 0.351 e. The van der Waals surface area contributed by atoms with E-state index in [0.29, 0.717) is 99.8 Å². The highest BCUT2D eigenvalue weighted by Gasteiger charge is 2.27. The third kappa shape index (κ3) is 25.2. The Balaban J connectivity index is 0.554. The van der Waals surface area contributed by atoms with E-state index in [0.717, 1.165) is 19.4 Å². The summed E-state index contributed by atoms with van der Waals surface area (Å²) in [5, 5.41) is 21.6. The molecule has 8 N–H and O–H groups in total. The number of hydrogen-bond acceptors (Lipinski definition) is 19. The van der Waals surface area contributed by atoms with Crippen molar-refractivity contribution in [1.82, 2.24) is 75.7 Å². The van der Waals surface area contributed by atoms with Gasteiger partial charge in [0, 0.05) is 243 Å². The van der Waals surface area contributed by atoms with Crippen molar-refractivity contribution in [2.75, 3.05) is 65.6 Å². The number of hydrogen-bond donors (Lipinski definition) is 8. The van der Waals surface area contributed by atoms with E-state index in [9.17, 15) is 76.7 Å². The molecule has 0 saturated heterocycles. The molecule has 11 aromatic rings. The lowest BCUT2D eigenvalue weighted by molar-refractivity contribution is -0.119. The topological polar surface area (TPSA) is 453 Å². The second kappa shape index (κ2) is 42.5. The Hall–Kier alpha value is -15.0. The molecule has 11 rings (SSSR count). The van der Waals surface area contributed by atoms with E-state index in [4.69, 9.17) is 0 Å². The number of imidazole rings is 2. The maximum atomic E-state index is 13.8. The minimum Gasteiger partial charge on any atom is -0.351 e. The first-order valence-corrected chi connectivity index (χ1v) is 42.4. The van der Waals surface area contributed by atoms with Crippen LogP contribution in [0.1, 0.15) is 227 Å². The molecule has 38 heteroatoms. The molecule has 684 valence electrons. The maximum Gasteiger partial charge on any atom is 0.291 e. The molecule has 0 bridgehead atoms. The van der Waals surface area contributed by atoms with Gasteiger partial charge in [-0.3, -0.25) is 76.7 Å². The minimum absolute atomic E-state index is 0.0169. The van der Waals surface area contributed by atoms with Crippen molar-refractivity contribution in [3.05, 3.63) is 213 Å². The fourth-order valence-electron chi connectivity index (χ4n) is 15.5. The second-order valence-electron chi connectivity index (χ2n) is 33.2. The van der Waals surface area contributed by atoms with Crippen molar-refractivity contribution in [3.63, 3.8) is 0 Å². The monoisotopic (exact) mass is 1780 g/mol. The highest BCUT2D eigenvalue weighted by Crippen LogP contribution is 2.26. The Morgan fingerprint density at radius 2 is 0.585 bits per heavy atom. The van der Waals surface area contributed by atoms with Crippen molar-refractivity contribution >= 4 is 128 Å². The van der Waals surface area contributed by atoms with Crippen LogP contribution in [0.2, 0.25) is 0 Å². The molecule has 8 amide bonds. The SMILES string of the molecule is CC(=O)Nc1cn(C)c(C(=O)Nc2cc(C(=O)Nc3cc(C(=O)NCCC(=O)Nc4cn(C)c(C(=O)Nc5cc(C(=O)Nc6cc(C(=O)NCCCC(=O)Cc7cc(C(=O)Cc8cc(C(=O)Cc9cc(C(=O)CCCC(=O)Cc%10cc(C(=O)Cc%11cc(C(=O)CCCC(=O)CCCCN(C)C)n(C)c%11)n(C)c%10)n(C)c9)n(C)c8)n(C)c7)n(C)c6)n(C)c5)n4)n(C)c3)n(C)c2)n1. The summed E-state index contributed by atoms with van der Waals surface area (Å²) in [7, 11) is 22.2. The van der Waals surface area contributed by atoms with Gasteiger partial charge in [-0.25, -0.2) is 9.97 Å². The van der Waals surface area contributed by atoms with Crippen molar-refractivity contribution in [1.29, 1.82) is 0 Å². The van der Waals surface area contributed by atoms with Gasteiger partial charge >= 0.3 is 0 Å². The van der Waals surface area contributed by atoms with Crippen molar-refractivity contribution in [2.45, 2.75) is 116 Å². The number of aryl methyl sites for hydroxylation is 11. The fourth-order valence-corrected chi connectivity index (χ4v) is 15.5. The Morgan fingerprint density at radius 1 is 0.277 bits per heavy atom. The standard InChI is InChI=1S/C92H110N22O16/c1-55(115)95-82-53-113(13)85(101-82)91(129)98-63-42-75(111(11)51-63)90(128)97-62-41-74(110(10)50-62)88(126)94-28-26-84(124)100-83-54-114(14)86(102-83)92(130)99-64-43-76(112(12)52-64)89(127)96-61-40-73(109(9)49-61)87(125)93-27-19-23-67(118)31-57-33-71(107(7)45-57)80(122)39-60-36-72(108(8)48-60)81(123)38-59-35-69(105(5)47-59)78(120)25-18-22-66(117)30-56-32-70(106(6)44-56)79(121)37-58-34-68(104(4)46-58)77(119)24-17-21-65(116)20-15-16-29-103(2)3/h32-36,40-54H,15-31,37-39H2,1-14H3,(H,93,125)(H,94,126)(H,95,115)(H,96,127)(H,97,128)(H,98,129)(H,99,130)(H,100,124). The second-order valence-corrected chi connectivity index (χ2v) is 33.2. The van der Waals surface area contributed by atoms with Gasteiger partial charge in [-0.15, -0.1) is 0 Å². The van der Waals surface area contributed by atoms with Crippen LogP contribution in [-0.4, -0.2) is 192 Å².